The summed E-state index contributed by atoms with van der Waals surface area (Å²) in [7, 11) is 1.85. The third kappa shape index (κ3) is 2.85. The van der Waals surface area contributed by atoms with Crippen molar-refractivity contribution in [2.45, 2.75) is 27.2 Å². The number of carbonyl (C=O) groups excluding carboxylic acids is 1. The average molecular weight is 143 g/mol. The Labute approximate surface area is 63.2 Å². The van der Waals surface area contributed by atoms with E-state index < -0.39 is 0 Å². The lowest BCUT2D eigenvalue weighted by Crippen LogP contribution is -2.30. The molecular weight excluding hydrogens is 126 g/mol. The van der Waals surface area contributed by atoms with Gasteiger partial charge >= 0.3 is 0 Å². The monoisotopic (exact) mass is 143 g/mol. The SMILES string of the molecule is CCCN(C)C(=O)C(C)C. The summed E-state index contributed by atoms with van der Waals surface area (Å²) in [4.78, 5) is 12.9. The summed E-state index contributed by atoms with van der Waals surface area (Å²) in [6, 6.07) is 0. The van der Waals surface area contributed by atoms with Crippen molar-refractivity contribution in [3.05, 3.63) is 0 Å². The van der Waals surface area contributed by atoms with Crippen LogP contribution in [0.4, 0.5) is 0 Å². The Hall–Kier alpha value is -0.530. The number of hydrogen-bond donors (Lipinski definition) is 0. The minimum Gasteiger partial charge on any atom is -0.346 e. The van der Waals surface area contributed by atoms with Crippen LogP contribution in [-0.2, 0) is 4.79 Å². The van der Waals surface area contributed by atoms with Crippen LogP contribution in [0.3, 0.4) is 0 Å². The summed E-state index contributed by atoms with van der Waals surface area (Å²) >= 11 is 0. The van der Waals surface area contributed by atoms with Gasteiger partial charge in [0.05, 0.1) is 0 Å². The normalized spacial score (nSPS) is 10.1. The summed E-state index contributed by atoms with van der Waals surface area (Å²) in [5.74, 6) is 0.374. The summed E-state index contributed by atoms with van der Waals surface area (Å²) in [5, 5.41) is 0. The van der Waals surface area contributed by atoms with E-state index in [9.17, 15) is 4.79 Å². The molecule has 0 bridgehead atoms. The molecule has 2 heteroatoms. The van der Waals surface area contributed by atoms with Crippen molar-refractivity contribution in [3.8, 4) is 0 Å². The van der Waals surface area contributed by atoms with Crippen molar-refractivity contribution in [3.63, 3.8) is 0 Å². The van der Waals surface area contributed by atoms with Crippen LogP contribution in [-0.4, -0.2) is 24.4 Å². The van der Waals surface area contributed by atoms with Crippen molar-refractivity contribution in [1.82, 2.24) is 4.90 Å². The molecule has 0 aliphatic carbocycles. The highest BCUT2D eigenvalue weighted by molar-refractivity contribution is 5.77. The van der Waals surface area contributed by atoms with Gasteiger partial charge in [-0.05, 0) is 6.42 Å². The molecule has 0 radical (unpaired) electrons. The van der Waals surface area contributed by atoms with Gasteiger partial charge in [-0.15, -0.1) is 0 Å². The Kier molecular flexibility index (Phi) is 4.08. The fraction of sp³-hybridized carbons (Fsp3) is 0.875. The first-order chi connectivity index (χ1) is 4.59. The second-order valence-corrected chi connectivity index (χ2v) is 2.91. The molecule has 0 N–H and O–H groups in total. The molecule has 0 aromatic rings. The van der Waals surface area contributed by atoms with Crippen LogP contribution in [0.5, 0.6) is 0 Å². The molecule has 0 saturated heterocycles. The molecule has 2 nitrogen and oxygen atoms in total. The van der Waals surface area contributed by atoms with Crippen molar-refractivity contribution < 1.29 is 4.79 Å². The zero-order valence-electron chi connectivity index (χ0n) is 7.35. The van der Waals surface area contributed by atoms with E-state index in [2.05, 4.69) is 6.92 Å². The zero-order valence-corrected chi connectivity index (χ0v) is 7.35. The maximum atomic E-state index is 11.2. The Balaban J connectivity index is 3.71. The quantitative estimate of drug-likeness (QED) is 0.586. The molecule has 0 atom stereocenters. The van der Waals surface area contributed by atoms with Crippen LogP contribution in [0.25, 0.3) is 0 Å². The van der Waals surface area contributed by atoms with Gasteiger partial charge in [-0.1, -0.05) is 20.8 Å². The molecule has 0 spiro atoms. The maximum absolute atomic E-state index is 11.2. The molecule has 1 amide bonds. The highest BCUT2D eigenvalue weighted by atomic mass is 16.2. The molecule has 0 unspecified atom stereocenters. The lowest BCUT2D eigenvalue weighted by atomic mass is 10.2. The van der Waals surface area contributed by atoms with Gasteiger partial charge < -0.3 is 4.90 Å². The van der Waals surface area contributed by atoms with Gasteiger partial charge in [0.15, 0.2) is 0 Å². The van der Waals surface area contributed by atoms with E-state index in [1.54, 1.807) is 4.90 Å². The molecule has 60 valence electrons. The second-order valence-electron chi connectivity index (χ2n) is 2.91. The van der Waals surface area contributed by atoms with Crippen LogP contribution in [0.2, 0.25) is 0 Å². The van der Waals surface area contributed by atoms with Crippen LogP contribution in [0.15, 0.2) is 0 Å². The Morgan fingerprint density at radius 2 is 2.00 bits per heavy atom. The lowest BCUT2D eigenvalue weighted by molar-refractivity contribution is -0.133. The number of rotatable bonds is 3. The molecule has 0 heterocycles. The van der Waals surface area contributed by atoms with Gasteiger partial charge in [0.2, 0.25) is 5.91 Å². The van der Waals surface area contributed by atoms with Crippen LogP contribution in [0.1, 0.15) is 27.2 Å². The van der Waals surface area contributed by atoms with E-state index >= 15 is 0 Å². The van der Waals surface area contributed by atoms with E-state index in [0.29, 0.717) is 0 Å². The summed E-state index contributed by atoms with van der Waals surface area (Å²) < 4.78 is 0. The Bertz CT molecular complexity index is 110. The minimum atomic E-state index is 0.136. The highest BCUT2D eigenvalue weighted by Gasteiger charge is 2.10. The molecule has 0 aromatic heterocycles. The van der Waals surface area contributed by atoms with E-state index in [4.69, 9.17) is 0 Å². The summed E-state index contributed by atoms with van der Waals surface area (Å²) in [6.45, 7) is 6.80. The van der Waals surface area contributed by atoms with Crippen LogP contribution >= 0.6 is 0 Å². The van der Waals surface area contributed by atoms with Gasteiger partial charge in [0.1, 0.15) is 0 Å². The second kappa shape index (κ2) is 4.31. The first-order valence-corrected chi connectivity index (χ1v) is 3.84. The predicted molar refractivity (Wildman–Crippen MR) is 42.8 cm³/mol. The number of amides is 1. The molecule has 0 aromatic carbocycles. The van der Waals surface area contributed by atoms with Crippen molar-refractivity contribution in [2.75, 3.05) is 13.6 Å². The molecular formula is C8H17NO. The fourth-order valence-corrected chi connectivity index (χ4v) is 0.886. The molecule has 10 heavy (non-hydrogen) atoms. The van der Waals surface area contributed by atoms with Crippen molar-refractivity contribution in [1.29, 1.82) is 0 Å². The van der Waals surface area contributed by atoms with Gasteiger partial charge in [-0.25, -0.2) is 0 Å². The largest absolute Gasteiger partial charge is 0.346 e. The summed E-state index contributed by atoms with van der Waals surface area (Å²) in [5.41, 5.74) is 0. The Morgan fingerprint density at radius 3 is 2.30 bits per heavy atom. The van der Waals surface area contributed by atoms with Crippen LogP contribution < -0.4 is 0 Å². The molecule has 0 aliphatic rings. The summed E-state index contributed by atoms with van der Waals surface area (Å²) in [6.07, 6.45) is 1.04. The van der Waals surface area contributed by atoms with Gasteiger partial charge in [-0.3, -0.25) is 4.79 Å². The van der Waals surface area contributed by atoms with Gasteiger partial charge in [0.25, 0.3) is 0 Å². The van der Waals surface area contributed by atoms with Crippen molar-refractivity contribution in [2.24, 2.45) is 5.92 Å². The van der Waals surface area contributed by atoms with E-state index in [0.717, 1.165) is 13.0 Å². The smallest absolute Gasteiger partial charge is 0.224 e. The third-order valence-corrected chi connectivity index (χ3v) is 1.43. The first kappa shape index (κ1) is 9.47. The molecule has 0 fully saturated rings. The average Bonchev–Trinajstić information content (AvgIpc) is 1.87. The zero-order chi connectivity index (χ0) is 8.15. The van der Waals surface area contributed by atoms with E-state index in [-0.39, 0.29) is 11.8 Å². The molecule has 0 saturated carbocycles. The molecule has 0 aliphatic heterocycles. The first-order valence-electron chi connectivity index (χ1n) is 3.84. The minimum absolute atomic E-state index is 0.136. The maximum Gasteiger partial charge on any atom is 0.224 e. The Morgan fingerprint density at radius 1 is 1.50 bits per heavy atom. The predicted octanol–water partition coefficient (Wildman–Crippen LogP) is 1.51. The number of carbonyl (C=O) groups is 1. The van der Waals surface area contributed by atoms with Crippen molar-refractivity contribution >= 4 is 5.91 Å². The van der Waals surface area contributed by atoms with Gasteiger partial charge in [-0.2, -0.15) is 0 Å². The topological polar surface area (TPSA) is 20.3 Å². The van der Waals surface area contributed by atoms with Gasteiger partial charge in [0, 0.05) is 19.5 Å². The highest BCUT2D eigenvalue weighted by Crippen LogP contribution is 1.98. The van der Waals surface area contributed by atoms with Crippen LogP contribution in [0, 0.1) is 5.92 Å². The number of nitrogens with zero attached hydrogens (tertiary/aromatic N) is 1. The lowest BCUT2D eigenvalue weighted by Gasteiger charge is -2.17. The standard InChI is InChI=1S/C8H17NO/c1-5-6-9(4)8(10)7(2)3/h7H,5-6H2,1-4H3. The number of hydrogen-bond acceptors (Lipinski definition) is 1. The third-order valence-electron chi connectivity index (χ3n) is 1.43. The van der Waals surface area contributed by atoms with E-state index in [1.165, 1.54) is 0 Å². The fourth-order valence-electron chi connectivity index (χ4n) is 0.886. The van der Waals surface area contributed by atoms with E-state index in [1.807, 2.05) is 20.9 Å². The molecule has 0 rings (SSSR count).